The van der Waals surface area contributed by atoms with E-state index in [2.05, 4.69) is 6.58 Å². The van der Waals surface area contributed by atoms with Crippen LogP contribution >= 0.6 is 0 Å². The Morgan fingerprint density at radius 1 is 1.20 bits per heavy atom. The highest BCUT2D eigenvalue weighted by Gasteiger charge is 2.25. The third kappa shape index (κ3) is 1.58. The van der Waals surface area contributed by atoms with Gasteiger partial charge in [0.25, 0.3) is 0 Å². The van der Waals surface area contributed by atoms with Gasteiger partial charge in [0.1, 0.15) is 0 Å². The molecular formula is C8H14O2. The van der Waals surface area contributed by atoms with Crippen LogP contribution in [0.5, 0.6) is 0 Å². The van der Waals surface area contributed by atoms with E-state index < -0.39 is 12.2 Å². The van der Waals surface area contributed by atoms with E-state index >= 15 is 0 Å². The van der Waals surface area contributed by atoms with Crippen LogP contribution in [0, 0.1) is 5.92 Å². The summed E-state index contributed by atoms with van der Waals surface area (Å²) in [5.41, 5.74) is 0. The summed E-state index contributed by atoms with van der Waals surface area (Å²) in [4.78, 5) is 0. The van der Waals surface area contributed by atoms with Crippen molar-refractivity contribution in [3.8, 4) is 0 Å². The van der Waals surface area contributed by atoms with E-state index in [1.807, 2.05) is 6.08 Å². The van der Waals surface area contributed by atoms with Crippen LogP contribution < -0.4 is 0 Å². The monoisotopic (exact) mass is 142 g/mol. The molecule has 58 valence electrons. The van der Waals surface area contributed by atoms with E-state index in [4.69, 9.17) is 5.11 Å². The largest absolute Gasteiger partial charge is 0.390 e. The zero-order valence-electron chi connectivity index (χ0n) is 6.03. The molecule has 0 spiro atoms. The van der Waals surface area contributed by atoms with Crippen molar-refractivity contribution in [2.45, 2.75) is 31.5 Å². The fourth-order valence-corrected chi connectivity index (χ4v) is 1.38. The maximum atomic E-state index is 9.18. The maximum Gasteiger partial charge on any atom is 0.0804 e. The van der Waals surface area contributed by atoms with Gasteiger partial charge in [-0.15, -0.1) is 6.58 Å². The third-order valence-electron chi connectivity index (χ3n) is 2.15. The second-order valence-electron chi connectivity index (χ2n) is 2.94. The summed E-state index contributed by atoms with van der Waals surface area (Å²) < 4.78 is 0. The summed E-state index contributed by atoms with van der Waals surface area (Å²) in [7, 11) is 0. The minimum Gasteiger partial charge on any atom is -0.390 e. The molecule has 2 nitrogen and oxygen atoms in total. The maximum absolute atomic E-state index is 9.18. The fraction of sp³-hybridized carbons (Fsp3) is 0.750. The van der Waals surface area contributed by atoms with E-state index in [1.165, 1.54) is 0 Å². The second kappa shape index (κ2) is 3.17. The Bertz CT molecular complexity index is 122. The Kier molecular flexibility index (Phi) is 2.46. The Balaban J connectivity index is 2.40. The molecule has 0 unspecified atom stereocenters. The fourth-order valence-electron chi connectivity index (χ4n) is 1.38. The van der Waals surface area contributed by atoms with Crippen molar-refractivity contribution in [3.05, 3.63) is 12.7 Å². The van der Waals surface area contributed by atoms with Crippen molar-refractivity contribution in [3.63, 3.8) is 0 Å². The quantitative estimate of drug-likeness (QED) is 0.529. The van der Waals surface area contributed by atoms with E-state index in [1.54, 1.807) is 0 Å². The Labute approximate surface area is 61.2 Å². The van der Waals surface area contributed by atoms with Crippen LogP contribution in [-0.2, 0) is 0 Å². The third-order valence-corrected chi connectivity index (χ3v) is 2.15. The number of aliphatic hydroxyl groups is 2. The van der Waals surface area contributed by atoms with Crippen molar-refractivity contribution in [1.82, 2.24) is 0 Å². The molecule has 2 heteroatoms. The standard InChI is InChI=1S/C8H14O2/c1-2-6-3-4-7(9)8(10)5-6/h2,6-10H,1,3-5H2/t6-,7+,8+/m0/s1. The molecule has 2 N–H and O–H groups in total. The minimum absolute atomic E-state index is 0.401. The van der Waals surface area contributed by atoms with Gasteiger partial charge in [-0.25, -0.2) is 0 Å². The van der Waals surface area contributed by atoms with E-state index in [9.17, 15) is 5.11 Å². The normalized spacial score (nSPS) is 41.2. The van der Waals surface area contributed by atoms with Gasteiger partial charge in [-0.2, -0.15) is 0 Å². The number of hydrogen-bond donors (Lipinski definition) is 2. The molecule has 0 aromatic carbocycles. The molecule has 0 bridgehead atoms. The summed E-state index contributed by atoms with van der Waals surface area (Å²) in [6, 6.07) is 0. The van der Waals surface area contributed by atoms with Crippen molar-refractivity contribution in [2.24, 2.45) is 5.92 Å². The molecule has 0 aliphatic heterocycles. The zero-order valence-corrected chi connectivity index (χ0v) is 6.03. The van der Waals surface area contributed by atoms with E-state index in [0.717, 1.165) is 6.42 Å². The average molecular weight is 142 g/mol. The molecule has 1 aliphatic carbocycles. The molecule has 0 amide bonds. The Morgan fingerprint density at radius 2 is 1.90 bits per heavy atom. The summed E-state index contributed by atoms with van der Waals surface area (Å²) >= 11 is 0. The molecule has 0 aromatic rings. The highest BCUT2D eigenvalue weighted by atomic mass is 16.3. The molecule has 0 saturated heterocycles. The van der Waals surface area contributed by atoms with E-state index in [0.29, 0.717) is 18.8 Å². The van der Waals surface area contributed by atoms with Gasteiger partial charge in [0.05, 0.1) is 12.2 Å². The van der Waals surface area contributed by atoms with Gasteiger partial charge in [0, 0.05) is 0 Å². The highest BCUT2D eigenvalue weighted by molar-refractivity contribution is 4.88. The van der Waals surface area contributed by atoms with Crippen LogP contribution in [0.1, 0.15) is 19.3 Å². The summed E-state index contributed by atoms with van der Waals surface area (Å²) in [5, 5.41) is 18.3. The number of aliphatic hydroxyl groups excluding tert-OH is 2. The van der Waals surface area contributed by atoms with Crippen molar-refractivity contribution in [2.75, 3.05) is 0 Å². The molecule has 3 atom stereocenters. The number of hydrogen-bond acceptors (Lipinski definition) is 2. The molecule has 0 aromatic heterocycles. The lowest BCUT2D eigenvalue weighted by Crippen LogP contribution is -2.32. The number of rotatable bonds is 1. The molecule has 0 heterocycles. The summed E-state index contributed by atoms with van der Waals surface area (Å²) in [6.07, 6.45) is 3.16. The van der Waals surface area contributed by atoms with Gasteiger partial charge in [0.15, 0.2) is 0 Å². The van der Waals surface area contributed by atoms with Crippen LogP contribution in [0.4, 0.5) is 0 Å². The first kappa shape index (κ1) is 7.76. The zero-order chi connectivity index (χ0) is 7.56. The minimum atomic E-state index is -0.531. The Morgan fingerprint density at radius 3 is 2.40 bits per heavy atom. The molecule has 1 fully saturated rings. The lowest BCUT2D eigenvalue weighted by Gasteiger charge is -2.27. The lowest BCUT2D eigenvalue weighted by molar-refractivity contribution is -0.0188. The summed E-state index contributed by atoms with van der Waals surface area (Å²) in [5.74, 6) is 0.401. The first-order valence-corrected chi connectivity index (χ1v) is 3.72. The Hall–Kier alpha value is -0.340. The van der Waals surface area contributed by atoms with E-state index in [-0.39, 0.29) is 0 Å². The number of allylic oxidation sites excluding steroid dienone is 1. The lowest BCUT2D eigenvalue weighted by atomic mass is 9.86. The second-order valence-corrected chi connectivity index (χ2v) is 2.94. The topological polar surface area (TPSA) is 40.5 Å². The summed E-state index contributed by atoms with van der Waals surface area (Å²) in [6.45, 7) is 3.65. The van der Waals surface area contributed by atoms with Gasteiger partial charge in [-0.1, -0.05) is 6.08 Å². The molecule has 10 heavy (non-hydrogen) atoms. The molecule has 0 radical (unpaired) electrons. The SMILES string of the molecule is C=C[C@H]1CC[C@@H](O)[C@H](O)C1. The van der Waals surface area contributed by atoms with Gasteiger partial charge in [0.2, 0.25) is 0 Å². The van der Waals surface area contributed by atoms with Gasteiger partial charge in [-0.05, 0) is 25.2 Å². The highest BCUT2D eigenvalue weighted by Crippen LogP contribution is 2.24. The predicted molar refractivity (Wildman–Crippen MR) is 39.6 cm³/mol. The van der Waals surface area contributed by atoms with Gasteiger partial charge in [-0.3, -0.25) is 0 Å². The smallest absolute Gasteiger partial charge is 0.0804 e. The predicted octanol–water partition coefficient (Wildman–Crippen LogP) is 0.694. The molecular weight excluding hydrogens is 128 g/mol. The van der Waals surface area contributed by atoms with Crippen LogP contribution in [0.15, 0.2) is 12.7 Å². The van der Waals surface area contributed by atoms with Crippen LogP contribution in [0.3, 0.4) is 0 Å². The first-order chi connectivity index (χ1) is 4.74. The molecule has 1 rings (SSSR count). The van der Waals surface area contributed by atoms with Gasteiger partial charge >= 0.3 is 0 Å². The van der Waals surface area contributed by atoms with Crippen LogP contribution in [0.25, 0.3) is 0 Å². The van der Waals surface area contributed by atoms with Crippen molar-refractivity contribution >= 4 is 0 Å². The molecule has 1 aliphatic rings. The first-order valence-electron chi connectivity index (χ1n) is 3.72. The van der Waals surface area contributed by atoms with Crippen LogP contribution in [0.2, 0.25) is 0 Å². The molecule has 1 saturated carbocycles. The van der Waals surface area contributed by atoms with Crippen LogP contribution in [-0.4, -0.2) is 22.4 Å². The average Bonchev–Trinajstić information content (AvgIpc) is 1.95. The van der Waals surface area contributed by atoms with Gasteiger partial charge < -0.3 is 10.2 Å². The van der Waals surface area contributed by atoms with Crippen molar-refractivity contribution < 1.29 is 10.2 Å². The van der Waals surface area contributed by atoms with Crippen molar-refractivity contribution in [1.29, 1.82) is 0 Å².